The summed E-state index contributed by atoms with van der Waals surface area (Å²) in [5.41, 5.74) is 6.24. The highest BCUT2D eigenvalue weighted by molar-refractivity contribution is 5.81. The predicted octanol–water partition coefficient (Wildman–Crippen LogP) is 6.47. The Hall–Kier alpha value is -4.10. The van der Waals surface area contributed by atoms with Crippen LogP contribution in [0.4, 0.5) is 0 Å². The Morgan fingerprint density at radius 3 is 2.32 bits per heavy atom. The molecule has 2 heterocycles. The normalized spacial score (nSPS) is 15.0. The highest BCUT2D eigenvalue weighted by Gasteiger charge is 2.33. The van der Waals surface area contributed by atoms with E-state index in [2.05, 4.69) is 106 Å². The smallest absolute Gasteiger partial charge is 0.253 e. The number of tetrazole rings is 1. The van der Waals surface area contributed by atoms with Crippen molar-refractivity contribution in [2.75, 3.05) is 6.54 Å². The van der Waals surface area contributed by atoms with Crippen molar-refractivity contribution >= 4 is 10.9 Å². The summed E-state index contributed by atoms with van der Waals surface area (Å²) < 4.78 is 2.02. The second-order valence-corrected chi connectivity index (χ2v) is 11.4. The fourth-order valence-electron chi connectivity index (χ4n) is 6.20. The number of aryl methyl sites for hydroxylation is 2. The van der Waals surface area contributed by atoms with E-state index in [0.717, 1.165) is 48.1 Å². The molecule has 210 valence electrons. The van der Waals surface area contributed by atoms with Crippen LogP contribution in [0.25, 0.3) is 10.9 Å². The van der Waals surface area contributed by atoms with Gasteiger partial charge in [0.1, 0.15) is 6.04 Å². The lowest BCUT2D eigenvalue weighted by Crippen LogP contribution is -2.37. The van der Waals surface area contributed by atoms with Gasteiger partial charge in [0.05, 0.1) is 6.04 Å². The molecule has 6 rings (SSSR count). The molecule has 1 saturated carbocycles. The minimum Gasteiger partial charge on any atom is -0.322 e. The van der Waals surface area contributed by atoms with Crippen molar-refractivity contribution < 1.29 is 0 Å². The predicted molar refractivity (Wildman–Crippen MR) is 163 cm³/mol. The molecule has 1 fully saturated rings. The van der Waals surface area contributed by atoms with Crippen LogP contribution < -0.4 is 5.56 Å². The molecule has 0 radical (unpaired) electrons. The van der Waals surface area contributed by atoms with Crippen molar-refractivity contribution in [1.29, 1.82) is 0 Å². The Morgan fingerprint density at radius 1 is 0.902 bits per heavy atom. The fraction of sp³-hybridized carbons (Fsp3) is 0.353. The molecular formula is C34H38N6O. The third-order valence-electron chi connectivity index (χ3n) is 8.59. The number of nitrogens with zero attached hydrogens (tertiary/aromatic N) is 5. The summed E-state index contributed by atoms with van der Waals surface area (Å²) in [5.74, 6) is 0.745. The molecule has 1 aliphatic rings. The van der Waals surface area contributed by atoms with Gasteiger partial charge in [0.15, 0.2) is 5.82 Å². The number of rotatable bonds is 9. The van der Waals surface area contributed by atoms with Crippen molar-refractivity contribution in [3.8, 4) is 0 Å². The highest BCUT2D eigenvalue weighted by Crippen LogP contribution is 2.34. The van der Waals surface area contributed by atoms with E-state index in [1.54, 1.807) is 0 Å². The molecule has 41 heavy (non-hydrogen) atoms. The molecule has 2 aromatic heterocycles. The van der Waals surface area contributed by atoms with Gasteiger partial charge in [0.25, 0.3) is 5.56 Å². The standard InChI is InChI=1S/C34H38N6O/c1-24-20-28-22-30(34(41)35-31(28)21-25(24)2)32(33-36-37-38-40(33)29-16-10-5-11-17-29)39(23-27-14-8-4-9-15-27)19-18-26-12-6-3-7-13-26/h3-4,6-9,12-15,20-22,29,32H,5,10-11,16-19,23H2,1-2H3,(H,35,41)/t32-/m1/s1. The van der Waals surface area contributed by atoms with E-state index in [4.69, 9.17) is 0 Å². The maximum atomic E-state index is 13.9. The monoisotopic (exact) mass is 546 g/mol. The molecule has 0 spiro atoms. The minimum absolute atomic E-state index is 0.0956. The quantitative estimate of drug-likeness (QED) is 0.229. The van der Waals surface area contributed by atoms with Crippen LogP contribution in [-0.2, 0) is 13.0 Å². The molecule has 0 unspecified atom stereocenters. The third-order valence-corrected chi connectivity index (χ3v) is 8.59. The van der Waals surface area contributed by atoms with Crippen LogP contribution in [-0.4, -0.2) is 36.6 Å². The van der Waals surface area contributed by atoms with Gasteiger partial charge in [-0.25, -0.2) is 4.68 Å². The number of hydrogen-bond donors (Lipinski definition) is 1. The summed E-state index contributed by atoms with van der Waals surface area (Å²) in [6.07, 6.45) is 6.55. The summed E-state index contributed by atoms with van der Waals surface area (Å²) in [6.45, 7) is 5.60. The van der Waals surface area contributed by atoms with E-state index in [1.807, 2.05) is 16.8 Å². The van der Waals surface area contributed by atoms with E-state index in [0.29, 0.717) is 12.1 Å². The van der Waals surface area contributed by atoms with E-state index in [9.17, 15) is 4.79 Å². The zero-order valence-corrected chi connectivity index (χ0v) is 24.0. The largest absolute Gasteiger partial charge is 0.322 e. The first-order valence-electron chi connectivity index (χ1n) is 14.8. The summed E-state index contributed by atoms with van der Waals surface area (Å²) in [4.78, 5) is 19.5. The fourth-order valence-corrected chi connectivity index (χ4v) is 6.20. The average molecular weight is 547 g/mol. The molecular weight excluding hydrogens is 508 g/mol. The SMILES string of the molecule is Cc1cc2cc([C@H](c3nnnn3C3CCCCC3)N(CCc3ccccc3)Cc3ccccc3)c(=O)[nH]c2cc1C. The summed E-state index contributed by atoms with van der Waals surface area (Å²) >= 11 is 0. The highest BCUT2D eigenvalue weighted by atomic mass is 16.1. The number of benzene rings is 3. The first-order valence-corrected chi connectivity index (χ1v) is 14.8. The van der Waals surface area contributed by atoms with Crippen LogP contribution >= 0.6 is 0 Å². The van der Waals surface area contributed by atoms with Gasteiger partial charge in [-0.1, -0.05) is 79.9 Å². The molecule has 3 aromatic carbocycles. The molecule has 7 heteroatoms. The molecule has 0 bridgehead atoms. The molecule has 0 amide bonds. The number of aromatic nitrogens is 5. The van der Waals surface area contributed by atoms with Crippen molar-refractivity contribution in [1.82, 2.24) is 30.1 Å². The van der Waals surface area contributed by atoms with Crippen LogP contribution in [0, 0.1) is 13.8 Å². The number of H-pyrrole nitrogens is 1. The first-order chi connectivity index (χ1) is 20.1. The van der Waals surface area contributed by atoms with Gasteiger partial charge in [-0.3, -0.25) is 9.69 Å². The van der Waals surface area contributed by atoms with E-state index in [-0.39, 0.29) is 11.6 Å². The molecule has 0 saturated heterocycles. The van der Waals surface area contributed by atoms with Gasteiger partial charge in [-0.05, 0) is 89.4 Å². The van der Waals surface area contributed by atoms with E-state index in [1.165, 1.54) is 36.0 Å². The molecule has 0 aliphatic heterocycles. The summed E-state index contributed by atoms with van der Waals surface area (Å²) in [5, 5.41) is 14.4. The number of aromatic amines is 1. The van der Waals surface area contributed by atoms with Crippen molar-refractivity contribution in [3.63, 3.8) is 0 Å². The average Bonchev–Trinajstić information content (AvgIpc) is 3.48. The zero-order valence-electron chi connectivity index (χ0n) is 24.0. The number of pyridine rings is 1. The van der Waals surface area contributed by atoms with Crippen LogP contribution in [0.2, 0.25) is 0 Å². The summed E-state index contributed by atoms with van der Waals surface area (Å²) in [6, 6.07) is 27.1. The van der Waals surface area contributed by atoms with Gasteiger partial charge in [-0.15, -0.1) is 5.10 Å². The lowest BCUT2D eigenvalue weighted by molar-refractivity contribution is 0.197. The Balaban J connectivity index is 1.50. The molecule has 5 aromatic rings. The summed E-state index contributed by atoms with van der Waals surface area (Å²) in [7, 11) is 0. The lowest BCUT2D eigenvalue weighted by atomic mass is 9.94. The van der Waals surface area contributed by atoms with Gasteiger partial charge < -0.3 is 4.98 Å². The van der Waals surface area contributed by atoms with Crippen molar-refractivity contribution in [2.45, 2.75) is 71.0 Å². The van der Waals surface area contributed by atoms with E-state index >= 15 is 0 Å². The second kappa shape index (κ2) is 12.2. The van der Waals surface area contributed by atoms with Gasteiger partial charge in [0, 0.05) is 24.2 Å². The Morgan fingerprint density at radius 2 is 1.59 bits per heavy atom. The second-order valence-electron chi connectivity index (χ2n) is 11.4. The molecule has 1 aliphatic carbocycles. The Bertz CT molecular complexity index is 1650. The van der Waals surface area contributed by atoms with Crippen LogP contribution in [0.5, 0.6) is 0 Å². The van der Waals surface area contributed by atoms with Gasteiger partial charge >= 0.3 is 0 Å². The Kier molecular flexibility index (Phi) is 8.05. The number of nitrogens with one attached hydrogen (secondary N) is 1. The molecule has 1 atom stereocenters. The van der Waals surface area contributed by atoms with Gasteiger partial charge in [-0.2, -0.15) is 0 Å². The maximum absolute atomic E-state index is 13.9. The number of fused-ring (bicyclic) bond motifs is 1. The van der Waals surface area contributed by atoms with E-state index < -0.39 is 6.04 Å². The molecule has 1 N–H and O–H groups in total. The maximum Gasteiger partial charge on any atom is 0.253 e. The van der Waals surface area contributed by atoms with Gasteiger partial charge in [0.2, 0.25) is 0 Å². The topological polar surface area (TPSA) is 79.7 Å². The third kappa shape index (κ3) is 6.00. The Labute approximate surface area is 241 Å². The first kappa shape index (κ1) is 27.1. The van der Waals surface area contributed by atoms with Crippen LogP contribution in [0.3, 0.4) is 0 Å². The number of hydrogen-bond acceptors (Lipinski definition) is 5. The lowest BCUT2D eigenvalue weighted by Gasteiger charge is -2.33. The zero-order chi connectivity index (χ0) is 28.2. The van der Waals surface area contributed by atoms with Crippen LogP contribution in [0.15, 0.2) is 83.7 Å². The van der Waals surface area contributed by atoms with Crippen molar-refractivity contribution in [3.05, 3.63) is 123 Å². The van der Waals surface area contributed by atoms with Crippen LogP contribution in [0.1, 0.15) is 77.8 Å². The molecule has 7 nitrogen and oxygen atoms in total. The minimum atomic E-state index is -0.411. The van der Waals surface area contributed by atoms with Crippen molar-refractivity contribution in [2.24, 2.45) is 0 Å².